The molecule has 2 aliphatic heterocycles. The summed E-state index contributed by atoms with van der Waals surface area (Å²) in [5.41, 5.74) is 2.02. The first-order valence-electron chi connectivity index (χ1n) is 10.3. The molecule has 0 amide bonds. The average Bonchev–Trinajstić information content (AvgIpc) is 2.81. The number of hydrogen-bond donors (Lipinski definition) is 0. The number of nitrogens with zero attached hydrogens (tertiary/aromatic N) is 4. The summed E-state index contributed by atoms with van der Waals surface area (Å²) in [6.45, 7) is 2.18. The summed E-state index contributed by atoms with van der Waals surface area (Å²) >= 11 is 0. The summed E-state index contributed by atoms with van der Waals surface area (Å²) in [4.78, 5) is 10.6. The second-order valence-corrected chi connectivity index (χ2v) is 10.1. The van der Waals surface area contributed by atoms with Crippen LogP contribution < -0.4 is 4.90 Å². The molecule has 0 bridgehead atoms. The molecule has 0 radical (unpaired) electrons. The third-order valence-corrected chi connectivity index (χ3v) is 8.21. The molecule has 6 nitrogen and oxygen atoms in total. The summed E-state index contributed by atoms with van der Waals surface area (Å²) in [6, 6.07) is 16.8. The van der Waals surface area contributed by atoms with Crippen molar-refractivity contribution in [2.45, 2.75) is 29.7 Å². The van der Waals surface area contributed by atoms with Crippen LogP contribution in [0.4, 0.5) is 10.3 Å². The van der Waals surface area contributed by atoms with Gasteiger partial charge in [0.1, 0.15) is 0 Å². The molecule has 3 heterocycles. The van der Waals surface area contributed by atoms with Crippen molar-refractivity contribution in [3.05, 3.63) is 83.9 Å². The number of hydrogen-bond acceptors (Lipinski definition) is 5. The van der Waals surface area contributed by atoms with E-state index < -0.39 is 15.8 Å². The van der Waals surface area contributed by atoms with Gasteiger partial charge in [-0.2, -0.15) is 4.31 Å². The summed E-state index contributed by atoms with van der Waals surface area (Å²) < 4.78 is 41.6. The molecular formula is C23H23FN4O2S. The predicted molar refractivity (Wildman–Crippen MR) is 116 cm³/mol. The van der Waals surface area contributed by atoms with Crippen LogP contribution in [0.15, 0.2) is 71.9 Å². The van der Waals surface area contributed by atoms with E-state index in [0.717, 1.165) is 18.4 Å². The van der Waals surface area contributed by atoms with Crippen LogP contribution in [0, 0.1) is 5.82 Å². The largest absolute Gasteiger partial charge is 0.341 e. The van der Waals surface area contributed by atoms with E-state index in [1.807, 2.05) is 29.2 Å². The minimum absolute atomic E-state index is 0.271. The van der Waals surface area contributed by atoms with Crippen LogP contribution in [0.5, 0.6) is 0 Å². The minimum Gasteiger partial charge on any atom is -0.341 e. The summed E-state index contributed by atoms with van der Waals surface area (Å²) in [6.07, 6.45) is 3.89. The fourth-order valence-corrected chi connectivity index (χ4v) is 6.31. The molecule has 2 aromatic carbocycles. The number of aromatic nitrogens is 2. The zero-order valence-corrected chi connectivity index (χ0v) is 17.8. The summed E-state index contributed by atoms with van der Waals surface area (Å²) in [7, 11) is -3.60. The highest BCUT2D eigenvalue weighted by Gasteiger charge is 2.45. The first-order chi connectivity index (χ1) is 15.0. The van der Waals surface area contributed by atoms with Crippen molar-refractivity contribution in [2.75, 3.05) is 24.5 Å². The van der Waals surface area contributed by atoms with E-state index in [0.29, 0.717) is 37.0 Å². The Kier molecular flexibility index (Phi) is 4.98. The fourth-order valence-electron chi connectivity index (χ4n) is 4.79. The fraction of sp³-hybridized carbons (Fsp3) is 0.304. The highest BCUT2D eigenvalue weighted by molar-refractivity contribution is 7.89. The third-order valence-electron chi connectivity index (χ3n) is 6.41. The molecule has 8 heteroatoms. The zero-order valence-electron chi connectivity index (χ0n) is 17.0. The normalized spacial score (nSPS) is 18.7. The maximum atomic E-state index is 13.4. The Morgan fingerprint density at radius 1 is 0.903 bits per heavy atom. The molecule has 0 unspecified atom stereocenters. The molecule has 0 atom stereocenters. The Morgan fingerprint density at radius 3 is 2.26 bits per heavy atom. The van der Waals surface area contributed by atoms with Gasteiger partial charge < -0.3 is 4.90 Å². The zero-order chi connectivity index (χ0) is 21.5. The summed E-state index contributed by atoms with van der Waals surface area (Å²) in [5, 5.41) is 0. The van der Waals surface area contributed by atoms with Crippen LogP contribution >= 0.6 is 0 Å². The molecule has 5 rings (SSSR count). The second kappa shape index (κ2) is 7.69. The van der Waals surface area contributed by atoms with Crippen molar-refractivity contribution < 1.29 is 12.8 Å². The molecule has 1 spiro atoms. The standard InChI is InChI=1S/C23H23FN4O2S/c24-19-14-25-22(26-15-19)27-12-10-23(11-13-27)17-28(16-18-6-4-5-9-21(18)23)31(29,30)20-7-2-1-3-8-20/h1-9,14-15H,10-13,16-17H2. The number of benzene rings is 2. The van der Waals surface area contributed by atoms with E-state index in [4.69, 9.17) is 0 Å². The maximum Gasteiger partial charge on any atom is 0.243 e. The van der Waals surface area contributed by atoms with Gasteiger partial charge in [0.05, 0.1) is 17.3 Å². The Bertz CT molecular complexity index is 1180. The van der Waals surface area contributed by atoms with Crippen molar-refractivity contribution in [1.29, 1.82) is 0 Å². The van der Waals surface area contributed by atoms with Crippen molar-refractivity contribution in [2.24, 2.45) is 0 Å². The van der Waals surface area contributed by atoms with Gasteiger partial charge in [-0.1, -0.05) is 42.5 Å². The lowest BCUT2D eigenvalue weighted by Crippen LogP contribution is -2.53. The Morgan fingerprint density at radius 2 is 1.55 bits per heavy atom. The first-order valence-corrected chi connectivity index (χ1v) is 11.8. The quantitative estimate of drug-likeness (QED) is 0.627. The van der Waals surface area contributed by atoms with Gasteiger partial charge in [-0.05, 0) is 36.1 Å². The topological polar surface area (TPSA) is 66.4 Å². The number of halogens is 1. The lowest BCUT2D eigenvalue weighted by atomic mass is 9.69. The van der Waals surface area contributed by atoms with Gasteiger partial charge in [0.15, 0.2) is 5.82 Å². The Balaban J connectivity index is 1.46. The lowest BCUT2D eigenvalue weighted by Gasteiger charge is -2.48. The first kappa shape index (κ1) is 20.1. The van der Waals surface area contributed by atoms with Gasteiger partial charge in [-0.15, -0.1) is 0 Å². The maximum absolute atomic E-state index is 13.4. The van der Waals surface area contributed by atoms with Crippen molar-refractivity contribution in [1.82, 2.24) is 14.3 Å². The van der Waals surface area contributed by atoms with Gasteiger partial charge in [0.2, 0.25) is 16.0 Å². The smallest absolute Gasteiger partial charge is 0.243 e. The molecule has 3 aromatic rings. The van der Waals surface area contributed by atoms with E-state index >= 15 is 0 Å². The highest BCUT2D eigenvalue weighted by atomic mass is 32.2. The van der Waals surface area contributed by atoms with Gasteiger partial charge in [0.25, 0.3) is 0 Å². The number of anilines is 1. The molecule has 0 aliphatic carbocycles. The molecule has 0 N–H and O–H groups in total. The van der Waals surface area contributed by atoms with Crippen LogP contribution in [0.3, 0.4) is 0 Å². The van der Waals surface area contributed by atoms with Gasteiger partial charge in [-0.25, -0.2) is 22.8 Å². The third kappa shape index (κ3) is 3.59. The number of rotatable bonds is 3. The minimum atomic E-state index is -3.60. The average molecular weight is 439 g/mol. The second-order valence-electron chi connectivity index (χ2n) is 8.21. The molecule has 0 saturated carbocycles. The molecule has 2 aliphatic rings. The van der Waals surface area contributed by atoms with Gasteiger partial charge in [0, 0.05) is 31.6 Å². The van der Waals surface area contributed by atoms with E-state index in [-0.39, 0.29) is 5.41 Å². The van der Waals surface area contributed by atoms with Gasteiger partial charge >= 0.3 is 0 Å². The molecule has 1 saturated heterocycles. The highest BCUT2D eigenvalue weighted by Crippen LogP contribution is 2.43. The lowest BCUT2D eigenvalue weighted by molar-refractivity contribution is 0.225. The molecule has 1 fully saturated rings. The van der Waals surface area contributed by atoms with Gasteiger partial charge in [-0.3, -0.25) is 0 Å². The van der Waals surface area contributed by atoms with Crippen LogP contribution in [-0.2, 0) is 22.0 Å². The van der Waals surface area contributed by atoms with E-state index in [1.54, 1.807) is 28.6 Å². The summed E-state index contributed by atoms with van der Waals surface area (Å²) in [5.74, 6) is 0.0503. The Labute approximate surface area is 181 Å². The van der Waals surface area contributed by atoms with Crippen LogP contribution in [0.1, 0.15) is 24.0 Å². The predicted octanol–water partition coefficient (Wildman–Crippen LogP) is 3.36. The van der Waals surface area contributed by atoms with Crippen molar-refractivity contribution in [3.8, 4) is 0 Å². The molecular weight excluding hydrogens is 415 g/mol. The SMILES string of the molecule is O=S(=O)(c1ccccc1)N1Cc2ccccc2C2(CCN(c3ncc(F)cn3)CC2)C1. The van der Waals surface area contributed by atoms with Crippen molar-refractivity contribution in [3.63, 3.8) is 0 Å². The monoisotopic (exact) mass is 438 g/mol. The number of piperidine rings is 1. The van der Waals surface area contributed by atoms with Crippen molar-refractivity contribution >= 4 is 16.0 Å². The van der Waals surface area contributed by atoms with Crippen LogP contribution in [-0.4, -0.2) is 42.3 Å². The number of fused-ring (bicyclic) bond motifs is 2. The van der Waals surface area contributed by atoms with E-state index in [2.05, 4.69) is 16.0 Å². The molecule has 31 heavy (non-hydrogen) atoms. The Hall–Kier alpha value is -2.84. The van der Waals surface area contributed by atoms with E-state index in [1.165, 1.54) is 18.0 Å². The van der Waals surface area contributed by atoms with Crippen LogP contribution in [0.2, 0.25) is 0 Å². The molecule has 160 valence electrons. The van der Waals surface area contributed by atoms with Crippen LogP contribution in [0.25, 0.3) is 0 Å². The van der Waals surface area contributed by atoms with E-state index in [9.17, 15) is 12.8 Å². The molecule has 1 aromatic heterocycles. The number of sulfonamides is 1.